The summed E-state index contributed by atoms with van der Waals surface area (Å²) < 4.78 is 0. The minimum Gasteiger partial charge on any atom is -0.344 e. The third-order valence-corrected chi connectivity index (χ3v) is 17.9. The van der Waals surface area contributed by atoms with Gasteiger partial charge in [-0.2, -0.15) is 0 Å². The molecule has 68 heavy (non-hydrogen) atoms. The Kier molecular flexibility index (Phi) is 18.2. The predicted octanol–water partition coefficient (Wildman–Crippen LogP) is 9.95. The standard InChI is InChI=1S/C58H88N6O4/c1-5-41(3)55(65)59-53(45-23-9-7-10-24-45)57(67)63-37-19-27-47(63)39-61(51-33-31-43-21-13-15-29-49(43)51)35-17-18-36-62(52-34-32-44-22-14-16-30-50(44)52)40-48-28-20-38-64(48)58(68)54(46-25-11-8-12-26-46)60-56(66)42(4)6-2/h13-16,21-22,29-30,41-42,45-48,51-54H,5-12,17-20,23-28,31-40H2,1-4H3,(H,59,65)(H,60,66)/t41-,42-,47+,48+,51?,52?,53+,54+/m1/s1. The summed E-state index contributed by atoms with van der Waals surface area (Å²) >= 11 is 0. The first-order valence-corrected chi connectivity index (χ1v) is 28.0. The van der Waals surface area contributed by atoms with Crippen LogP contribution in [-0.4, -0.2) is 107 Å². The molecule has 2 aromatic rings. The molecule has 0 bridgehead atoms. The largest absolute Gasteiger partial charge is 0.344 e. The van der Waals surface area contributed by atoms with Crippen LogP contribution in [0.4, 0.5) is 0 Å². The van der Waals surface area contributed by atoms with Gasteiger partial charge in [0, 0.05) is 62.2 Å². The zero-order chi connectivity index (χ0) is 47.6. The normalized spacial score (nSPS) is 25.0. The molecule has 10 heteroatoms. The maximum atomic E-state index is 14.8. The highest BCUT2D eigenvalue weighted by atomic mass is 16.2. The van der Waals surface area contributed by atoms with Crippen molar-refractivity contribution >= 4 is 23.6 Å². The molecule has 2 saturated carbocycles. The van der Waals surface area contributed by atoms with Gasteiger partial charge in [-0.15, -0.1) is 0 Å². The Morgan fingerprint density at radius 3 is 1.34 bits per heavy atom. The first kappa shape index (κ1) is 50.6. The number of unbranched alkanes of at least 4 members (excludes halogenated alkanes) is 1. The van der Waals surface area contributed by atoms with E-state index in [-0.39, 0.29) is 59.4 Å². The van der Waals surface area contributed by atoms with Gasteiger partial charge in [0.05, 0.1) is 0 Å². The van der Waals surface area contributed by atoms with Gasteiger partial charge in [0.2, 0.25) is 23.6 Å². The topological polar surface area (TPSA) is 105 Å². The molecule has 8 rings (SSSR count). The third kappa shape index (κ3) is 12.0. The number of carbonyl (C=O) groups excluding carboxylic acids is 4. The monoisotopic (exact) mass is 933 g/mol. The van der Waals surface area contributed by atoms with Crippen LogP contribution in [0.5, 0.6) is 0 Å². The van der Waals surface area contributed by atoms with Gasteiger partial charge in [0.25, 0.3) is 0 Å². The van der Waals surface area contributed by atoms with Crippen LogP contribution >= 0.6 is 0 Å². The van der Waals surface area contributed by atoms with Crippen molar-refractivity contribution < 1.29 is 19.2 Å². The third-order valence-electron chi connectivity index (χ3n) is 17.9. The van der Waals surface area contributed by atoms with Crippen molar-refractivity contribution in [3.63, 3.8) is 0 Å². The van der Waals surface area contributed by atoms with E-state index in [1.54, 1.807) is 0 Å². The van der Waals surface area contributed by atoms with Gasteiger partial charge in [-0.3, -0.25) is 29.0 Å². The number of rotatable bonds is 21. The molecule has 0 aromatic heterocycles. The quantitative estimate of drug-likeness (QED) is 0.121. The summed E-state index contributed by atoms with van der Waals surface area (Å²) in [5, 5.41) is 6.64. The van der Waals surface area contributed by atoms with E-state index in [1.165, 1.54) is 35.1 Å². The number of likely N-dealkylation sites (tertiary alicyclic amines) is 2. The molecule has 8 atom stereocenters. The Bertz CT molecular complexity index is 1840. The van der Waals surface area contributed by atoms with Gasteiger partial charge in [-0.1, -0.05) is 115 Å². The Labute approximate surface area is 410 Å². The number of hydrogen-bond donors (Lipinski definition) is 2. The highest BCUT2D eigenvalue weighted by Crippen LogP contribution is 2.40. The minimum absolute atomic E-state index is 0.0212. The summed E-state index contributed by atoms with van der Waals surface area (Å²) in [4.78, 5) is 66.3. The zero-order valence-corrected chi connectivity index (χ0v) is 42.6. The van der Waals surface area contributed by atoms with Gasteiger partial charge in [-0.05, 0) is 150 Å². The first-order valence-electron chi connectivity index (χ1n) is 28.0. The smallest absolute Gasteiger partial charge is 0.245 e. The molecule has 0 radical (unpaired) electrons. The van der Waals surface area contributed by atoms with Crippen LogP contribution in [0.1, 0.15) is 190 Å². The fourth-order valence-corrected chi connectivity index (χ4v) is 13.4. The van der Waals surface area contributed by atoms with Crippen LogP contribution < -0.4 is 10.6 Å². The average Bonchev–Trinajstić information content (AvgIpc) is 4.22. The Hall–Kier alpha value is -3.76. The van der Waals surface area contributed by atoms with E-state index >= 15 is 0 Å². The molecule has 4 fully saturated rings. The first-order chi connectivity index (χ1) is 33.1. The van der Waals surface area contributed by atoms with Crippen LogP contribution in [0.25, 0.3) is 0 Å². The molecule has 2 aromatic carbocycles. The molecular weight excluding hydrogens is 845 g/mol. The van der Waals surface area contributed by atoms with E-state index in [0.717, 1.165) is 168 Å². The molecule has 0 spiro atoms. The maximum absolute atomic E-state index is 14.8. The second-order valence-electron chi connectivity index (χ2n) is 22.2. The predicted molar refractivity (Wildman–Crippen MR) is 273 cm³/mol. The maximum Gasteiger partial charge on any atom is 0.245 e. The fourth-order valence-electron chi connectivity index (χ4n) is 13.4. The number of aryl methyl sites for hydroxylation is 2. The van der Waals surface area contributed by atoms with Gasteiger partial charge >= 0.3 is 0 Å². The van der Waals surface area contributed by atoms with Crippen LogP contribution in [0.3, 0.4) is 0 Å². The van der Waals surface area contributed by atoms with Crippen molar-refractivity contribution in [3.05, 3.63) is 70.8 Å². The van der Waals surface area contributed by atoms with E-state index in [0.29, 0.717) is 12.1 Å². The van der Waals surface area contributed by atoms with Gasteiger partial charge < -0.3 is 20.4 Å². The molecule has 10 nitrogen and oxygen atoms in total. The van der Waals surface area contributed by atoms with E-state index in [1.807, 2.05) is 13.8 Å². The lowest BCUT2D eigenvalue weighted by atomic mass is 9.83. The van der Waals surface area contributed by atoms with Crippen molar-refractivity contribution in [2.24, 2.45) is 23.7 Å². The van der Waals surface area contributed by atoms with Crippen LogP contribution in [0, 0.1) is 23.7 Å². The highest BCUT2D eigenvalue weighted by molar-refractivity contribution is 5.90. The van der Waals surface area contributed by atoms with Crippen molar-refractivity contribution in [2.45, 2.75) is 205 Å². The molecule has 6 aliphatic rings. The average molecular weight is 933 g/mol. The molecular formula is C58H88N6O4. The Morgan fingerprint density at radius 2 is 0.941 bits per heavy atom. The molecule has 2 saturated heterocycles. The highest BCUT2D eigenvalue weighted by Gasteiger charge is 2.42. The number of nitrogens with zero attached hydrogens (tertiary/aromatic N) is 4. The van der Waals surface area contributed by atoms with Crippen LogP contribution in [0.2, 0.25) is 0 Å². The lowest BCUT2D eigenvalue weighted by Gasteiger charge is -2.39. The van der Waals surface area contributed by atoms with Gasteiger partial charge in [0.15, 0.2) is 0 Å². The molecule has 2 aliphatic heterocycles. The minimum atomic E-state index is -0.433. The van der Waals surface area contributed by atoms with Crippen LogP contribution in [0.15, 0.2) is 48.5 Å². The van der Waals surface area contributed by atoms with E-state index < -0.39 is 12.1 Å². The molecule has 374 valence electrons. The summed E-state index contributed by atoms with van der Waals surface area (Å²) in [6.07, 6.45) is 23.0. The lowest BCUT2D eigenvalue weighted by Crippen LogP contribution is -2.56. The summed E-state index contributed by atoms with van der Waals surface area (Å²) in [6, 6.07) is 18.1. The molecule has 2 heterocycles. The Balaban J connectivity index is 0.979. The number of nitrogens with one attached hydrogen (secondary N) is 2. The van der Waals surface area contributed by atoms with Crippen molar-refractivity contribution in [2.75, 3.05) is 39.3 Å². The van der Waals surface area contributed by atoms with E-state index in [4.69, 9.17) is 0 Å². The zero-order valence-electron chi connectivity index (χ0n) is 42.6. The summed E-state index contributed by atoms with van der Waals surface area (Å²) in [6.45, 7) is 13.3. The summed E-state index contributed by atoms with van der Waals surface area (Å²) in [5.74, 6) is 0.554. The second-order valence-corrected chi connectivity index (χ2v) is 22.2. The van der Waals surface area contributed by atoms with Gasteiger partial charge in [-0.25, -0.2) is 0 Å². The SMILES string of the molecule is CC[C@@H](C)C(=O)N[C@H](C(=O)N1CCC[C@H]1CN(CCCCN(C[C@@H]1CCCN1C(=O)[C@@H](NC(=O)[C@H](C)CC)C1CCCCC1)C1CCc2ccccc21)C1CCc2ccccc21)C1CCCCC1. The number of carbonyl (C=O) groups is 4. The van der Waals surface area contributed by atoms with Crippen LogP contribution in [-0.2, 0) is 32.0 Å². The number of fused-ring (bicyclic) bond motifs is 2. The number of benzene rings is 2. The molecule has 4 amide bonds. The van der Waals surface area contributed by atoms with E-state index in [9.17, 15) is 19.2 Å². The Morgan fingerprint density at radius 1 is 0.544 bits per heavy atom. The fraction of sp³-hybridized carbons (Fsp3) is 0.724. The second kappa shape index (κ2) is 24.4. The lowest BCUT2D eigenvalue weighted by molar-refractivity contribution is -0.140. The summed E-state index contributed by atoms with van der Waals surface area (Å²) in [7, 11) is 0. The number of amides is 4. The molecule has 2 N–H and O–H groups in total. The van der Waals surface area contributed by atoms with Gasteiger partial charge in [0.1, 0.15) is 12.1 Å². The van der Waals surface area contributed by atoms with Crippen molar-refractivity contribution in [1.29, 1.82) is 0 Å². The summed E-state index contributed by atoms with van der Waals surface area (Å²) in [5.41, 5.74) is 5.82. The van der Waals surface area contributed by atoms with Crippen molar-refractivity contribution in [1.82, 2.24) is 30.2 Å². The number of hydrogen-bond acceptors (Lipinski definition) is 6. The molecule has 4 aliphatic carbocycles. The van der Waals surface area contributed by atoms with E-state index in [2.05, 4.69) is 92.6 Å². The molecule has 2 unspecified atom stereocenters. The van der Waals surface area contributed by atoms with Crippen molar-refractivity contribution in [3.8, 4) is 0 Å².